The van der Waals surface area contributed by atoms with Crippen LogP contribution in [0.2, 0.25) is 0 Å². The lowest BCUT2D eigenvalue weighted by molar-refractivity contribution is -0.188. The predicted molar refractivity (Wildman–Crippen MR) is 109 cm³/mol. The molecular weight excluding hydrogens is 352 g/mol. The summed E-state index contributed by atoms with van der Waals surface area (Å²) in [6.45, 7) is 0. The van der Waals surface area contributed by atoms with Crippen LogP contribution in [0.15, 0.2) is 84.9 Å². The van der Waals surface area contributed by atoms with E-state index < -0.39 is 11.6 Å². The summed E-state index contributed by atoms with van der Waals surface area (Å²) in [5, 5.41) is 0. The first-order valence-corrected chi connectivity index (χ1v) is 9.09. The summed E-state index contributed by atoms with van der Waals surface area (Å²) in [4.78, 5) is 0. The van der Waals surface area contributed by atoms with Gasteiger partial charge in [0, 0.05) is 50.7 Å². The second-order valence-electron chi connectivity index (χ2n) is 6.36. The van der Waals surface area contributed by atoms with Crippen molar-refractivity contribution in [3.63, 3.8) is 0 Å². The summed E-state index contributed by atoms with van der Waals surface area (Å²) < 4.78 is 23.6. The van der Waals surface area contributed by atoms with Gasteiger partial charge in [-0.25, -0.2) is 0 Å². The standard InChI is InChI=1S/C24H26O4/c1-25-23(26-2,19-12-7-5-8-13-19)21-16-11-17-22(18-21)24(27-3,28-4)20-14-9-6-10-15-20/h5-18H,1-4H3. The highest BCUT2D eigenvalue weighted by molar-refractivity contribution is 5.41. The Bertz CT molecular complexity index is 799. The molecule has 0 saturated carbocycles. The van der Waals surface area contributed by atoms with Crippen molar-refractivity contribution in [3.8, 4) is 0 Å². The molecule has 0 aromatic heterocycles. The molecule has 3 aromatic carbocycles. The van der Waals surface area contributed by atoms with Gasteiger partial charge >= 0.3 is 0 Å². The summed E-state index contributed by atoms with van der Waals surface area (Å²) in [7, 11) is 6.56. The molecule has 0 heterocycles. The van der Waals surface area contributed by atoms with E-state index in [0.29, 0.717) is 0 Å². The Labute approximate surface area is 166 Å². The molecule has 0 radical (unpaired) electrons. The zero-order valence-corrected chi connectivity index (χ0v) is 16.7. The van der Waals surface area contributed by atoms with Crippen LogP contribution in [-0.4, -0.2) is 28.4 Å². The molecule has 146 valence electrons. The first-order chi connectivity index (χ1) is 13.7. The third-order valence-corrected chi connectivity index (χ3v) is 5.08. The predicted octanol–water partition coefficient (Wildman–Crippen LogP) is 4.67. The van der Waals surface area contributed by atoms with Crippen LogP contribution in [0.1, 0.15) is 22.3 Å². The quantitative estimate of drug-likeness (QED) is 0.534. The summed E-state index contributed by atoms with van der Waals surface area (Å²) in [5.74, 6) is -2.08. The van der Waals surface area contributed by atoms with Crippen molar-refractivity contribution in [2.75, 3.05) is 28.4 Å². The van der Waals surface area contributed by atoms with Gasteiger partial charge < -0.3 is 18.9 Å². The Morgan fingerprint density at radius 1 is 0.429 bits per heavy atom. The average molecular weight is 378 g/mol. The molecule has 28 heavy (non-hydrogen) atoms. The van der Waals surface area contributed by atoms with Crippen LogP contribution in [-0.2, 0) is 30.5 Å². The largest absolute Gasteiger partial charge is 0.346 e. The van der Waals surface area contributed by atoms with E-state index in [2.05, 4.69) is 0 Å². The Balaban J connectivity index is 2.18. The van der Waals surface area contributed by atoms with Crippen LogP contribution in [0, 0.1) is 0 Å². The van der Waals surface area contributed by atoms with Gasteiger partial charge in [0.2, 0.25) is 11.6 Å². The molecule has 0 N–H and O–H groups in total. The molecular formula is C24H26O4. The monoisotopic (exact) mass is 378 g/mol. The summed E-state index contributed by atoms with van der Waals surface area (Å²) in [5.41, 5.74) is 3.49. The van der Waals surface area contributed by atoms with Crippen molar-refractivity contribution in [1.29, 1.82) is 0 Å². The first-order valence-electron chi connectivity index (χ1n) is 9.09. The zero-order chi connectivity index (χ0) is 20.0. The molecule has 0 aliphatic rings. The fraction of sp³-hybridized carbons (Fsp3) is 0.250. The van der Waals surface area contributed by atoms with Gasteiger partial charge in [-0.05, 0) is 6.07 Å². The van der Waals surface area contributed by atoms with E-state index in [0.717, 1.165) is 22.3 Å². The third kappa shape index (κ3) is 3.36. The number of hydrogen-bond donors (Lipinski definition) is 0. The lowest BCUT2D eigenvalue weighted by atomic mass is 9.91. The van der Waals surface area contributed by atoms with Gasteiger partial charge in [0.25, 0.3) is 0 Å². The highest BCUT2D eigenvalue weighted by Gasteiger charge is 2.39. The van der Waals surface area contributed by atoms with E-state index in [9.17, 15) is 0 Å². The Morgan fingerprint density at radius 3 is 1.07 bits per heavy atom. The van der Waals surface area contributed by atoms with E-state index >= 15 is 0 Å². The average Bonchev–Trinajstić information content (AvgIpc) is 2.78. The van der Waals surface area contributed by atoms with Gasteiger partial charge in [-0.2, -0.15) is 0 Å². The van der Waals surface area contributed by atoms with Crippen LogP contribution >= 0.6 is 0 Å². The summed E-state index contributed by atoms with van der Waals surface area (Å²) in [6, 6.07) is 27.6. The van der Waals surface area contributed by atoms with Gasteiger partial charge in [-0.15, -0.1) is 0 Å². The maximum Gasteiger partial charge on any atom is 0.221 e. The van der Waals surface area contributed by atoms with Crippen molar-refractivity contribution < 1.29 is 18.9 Å². The van der Waals surface area contributed by atoms with E-state index in [1.54, 1.807) is 28.4 Å². The molecule has 3 rings (SSSR count). The SMILES string of the molecule is COC(OC)(c1ccccc1)c1cccc(C(OC)(OC)c2ccccc2)c1. The molecule has 0 fully saturated rings. The molecule has 4 heteroatoms. The van der Waals surface area contributed by atoms with E-state index in [1.807, 2.05) is 84.9 Å². The van der Waals surface area contributed by atoms with E-state index in [1.165, 1.54) is 0 Å². The lowest BCUT2D eigenvalue weighted by Crippen LogP contribution is -2.35. The smallest absolute Gasteiger partial charge is 0.221 e. The van der Waals surface area contributed by atoms with Crippen LogP contribution in [0.5, 0.6) is 0 Å². The van der Waals surface area contributed by atoms with Crippen LogP contribution in [0.3, 0.4) is 0 Å². The fourth-order valence-corrected chi connectivity index (χ4v) is 3.69. The van der Waals surface area contributed by atoms with Crippen LogP contribution in [0.25, 0.3) is 0 Å². The zero-order valence-electron chi connectivity index (χ0n) is 16.7. The molecule has 3 aromatic rings. The molecule has 0 aliphatic heterocycles. The van der Waals surface area contributed by atoms with Crippen molar-refractivity contribution in [1.82, 2.24) is 0 Å². The van der Waals surface area contributed by atoms with Crippen LogP contribution < -0.4 is 0 Å². The highest BCUT2D eigenvalue weighted by Crippen LogP contribution is 2.39. The molecule has 0 aliphatic carbocycles. The second kappa shape index (κ2) is 8.67. The number of benzene rings is 3. The number of methoxy groups -OCH3 is 4. The lowest BCUT2D eigenvalue weighted by Gasteiger charge is -2.35. The number of rotatable bonds is 8. The molecule has 0 atom stereocenters. The van der Waals surface area contributed by atoms with Gasteiger partial charge in [0.15, 0.2) is 0 Å². The Hall–Kier alpha value is -2.50. The fourth-order valence-electron chi connectivity index (χ4n) is 3.69. The maximum absolute atomic E-state index is 5.90. The van der Waals surface area contributed by atoms with Gasteiger partial charge in [-0.1, -0.05) is 78.9 Å². The van der Waals surface area contributed by atoms with E-state index in [-0.39, 0.29) is 0 Å². The molecule has 0 amide bonds. The molecule has 0 unspecified atom stereocenters. The minimum Gasteiger partial charge on any atom is -0.346 e. The second-order valence-corrected chi connectivity index (χ2v) is 6.36. The molecule has 0 bridgehead atoms. The van der Waals surface area contributed by atoms with Crippen molar-refractivity contribution in [2.24, 2.45) is 0 Å². The third-order valence-electron chi connectivity index (χ3n) is 5.08. The van der Waals surface area contributed by atoms with Gasteiger partial charge in [-0.3, -0.25) is 0 Å². The topological polar surface area (TPSA) is 36.9 Å². The van der Waals surface area contributed by atoms with E-state index in [4.69, 9.17) is 18.9 Å². The van der Waals surface area contributed by atoms with Crippen molar-refractivity contribution in [3.05, 3.63) is 107 Å². The summed E-state index contributed by atoms with van der Waals surface area (Å²) >= 11 is 0. The summed E-state index contributed by atoms with van der Waals surface area (Å²) in [6.07, 6.45) is 0. The van der Waals surface area contributed by atoms with Crippen molar-refractivity contribution >= 4 is 0 Å². The molecule has 0 spiro atoms. The minimum absolute atomic E-state index is 0.843. The normalized spacial score (nSPS) is 12.1. The molecule has 4 nitrogen and oxygen atoms in total. The maximum atomic E-state index is 5.90. The highest BCUT2D eigenvalue weighted by atomic mass is 16.7. The first kappa shape index (κ1) is 20.2. The molecule has 0 saturated heterocycles. The minimum atomic E-state index is -1.04. The van der Waals surface area contributed by atoms with Crippen LogP contribution in [0.4, 0.5) is 0 Å². The Kier molecular flexibility index (Phi) is 6.27. The van der Waals surface area contributed by atoms with Crippen molar-refractivity contribution in [2.45, 2.75) is 11.6 Å². The Morgan fingerprint density at radius 2 is 0.750 bits per heavy atom. The number of ether oxygens (including phenoxy) is 4. The van der Waals surface area contributed by atoms with Gasteiger partial charge in [0.1, 0.15) is 0 Å². The van der Waals surface area contributed by atoms with Gasteiger partial charge in [0.05, 0.1) is 0 Å². The number of hydrogen-bond acceptors (Lipinski definition) is 4.